The van der Waals surface area contributed by atoms with Gasteiger partial charge in [0.25, 0.3) is 0 Å². The first-order chi connectivity index (χ1) is 8.38. The van der Waals surface area contributed by atoms with Gasteiger partial charge in [-0.2, -0.15) is 0 Å². The molecule has 3 nitrogen and oxygen atoms in total. The van der Waals surface area contributed by atoms with Crippen LogP contribution in [-0.2, 0) is 14.9 Å². The number of methoxy groups -OCH3 is 2. The van der Waals surface area contributed by atoms with E-state index in [1.165, 1.54) is 5.56 Å². The molecule has 0 amide bonds. The van der Waals surface area contributed by atoms with Crippen LogP contribution >= 0.6 is 0 Å². The minimum absolute atomic E-state index is 0.0977. The highest BCUT2D eigenvalue weighted by Crippen LogP contribution is 2.23. The van der Waals surface area contributed by atoms with Gasteiger partial charge >= 0.3 is 0 Å². The fraction of sp³-hybridized carbons (Fsp3) is 0.600. The summed E-state index contributed by atoms with van der Waals surface area (Å²) in [4.78, 5) is 0. The SMILES string of the molecule is COC(OC)C(C)Nc1ccc(C(C)(C)C)cc1. The average molecular weight is 251 g/mol. The van der Waals surface area contributed by atoms with Crippen LogP contribution in [0, 0.1) is 0 Å². The van der Waals surface area contributed by atoms with Gasteiger partial charge in [-0.25, -0.2) is 0 Å². The van der Waals surface area contributed by atoms with Crippen LogP contribution in [0.15, 0.2) is 24.3 Å². The van der Waals surface area contributed by atoms with Crippen LogP contribution in [-0.4, -0.2) is 26.6 Å². The van der Waals surface area contributed by atoms with Crippen LogP contribution in [0.4, 0.5) is 5.69 Å². The molecule has 102 valence electrons. The molecular formula is C15H25NO2. The summed E-state index contributed by atoms with van der Waals surface area (Å²) in [5.74, 6) is 0. The van der Waals surface area contributed by atoms with Gasteiger partial charge in [0.15, 0.2) is 6.29 Å². The maximum Gasteiger partial charge on any atom is 0.176 e. The maximum absolute atomic E-state index is 5.23. The molecule has 3 heteroatoms. The molecule has 0 saturated carbocycles. The summed E-state index contributed by atoms with van der Waals surface area (Å²) in [6, 6.07) is 8.60. The highest BCUT2D eigenvalue weighted by Gasteiger charge is 2.16. The molecule has 0 spiro atoms. The Hall–Kier alpha value is -1.06. The van der Waals surface area contributed by atoms with Gasteiger partial charge < -0.3 is 14.8 Å². The predicted octanol–water partition coefficient (Wildman–Crippen LogP) is 3.40. The van der Waals surface area contributed by atoms with Gasteiger partial charge in [0.2, 0.25) is 0 Å². The van der Waals surface area contributed by atoms with E-state index in [-0.39, 0.29) is 17.7 Å². The van der Waals surface area contributed by atoms with E-state index in [0.29, 0.717) is 0 Å². The minimum Gasteiger partial charge on any atom is -0.377 e. The smallest absolute Gasteiger partial charge is 0.176 e. The van der Waals surface area contributed by atoms with Gasteiger partial charge in [-0.3, -0.25) is 0 Å². The number of hydrogen-bond acceptors (Lipinski definition) is 3. The summed E-state index contributed by atoms with van der Waals surface area (Å²) in [6.07, 6.45) is -0.243. The van der Waals surface area contributed by atoms with Crippen molar-refractivity contribution in [3.63, 3.8) is 0 Å². The van der Waals surface area contributed by atoms with E-state index in [1.807, 2.05) is 6.92 Å². The number of benzene rings is 1. The van der Waals surface area contributed by atoms with Gasteiger partial charge in [-0.15, -0.1) is 0 Å². The molecule has 1 atom stereocenters. The predicted molar refractivity (Wildman–Crippen MR) is 76.0 cm³/mol. The van der Waals surface area contributed by atoms with Gasteiger partial charge in [0, 0.05) is 19.9 Å². The molecule has 1 unspecified atom stereocenters. The van der Waals surface area contributed by atoms with Crippen molar-refractivity contribution in [1.29, 1.82) is 0 Å². The standard InChI is InChI=1S/C15H25NO2/c1-11(14(17-5)18-6)16-13-9-7-12(8-10-13)15(2,3)4/h7-11,14,16H,1-6H3. The quantitative estimate of drug-likeness (QED) is 0.814. The molecule has 0 fully saturated rings. The highest BCUT2D eigenvalue weighted by atomic mass is 16.7. The Bertz CT molecular complexity index is 350. The number of hydrogen-bond donors (Lipinski definition) is 1. The van der Waals surface area contributed by atoms with Crippen molar-refractivity contribution in [3.05, 3.63) is 29.8 Å². The Morgan fingerprint density at radius 2 is 1.50 bits per heavy atom. The second-order valence-electron chi connectivity index (χ2n) is 5.60. The van der Waals surface area contributed by atoms with Crippen molar-refractivity contribution in [2.75, 3.05) is 19.5 Å². The topological polar surface area (TPSA) is 30.5 Å². The third-order valence-corrected chi connectivity index (χ3v) is 3.02. The van der Waals surface area contributed by atoms with Crippen LogP contribution in [0.5, 0.6) is 0 Å². The Morgan fingerprint density at radius 1 is 1.00 bits per heavy atom. The van der Waals surface area contributed by atoms with Gasteiger partial charge in [0.05, 0.1) is 6.04 Å². The van der Waals surface area contributed by atoms with E-state index < -0.39 is 0 Å². The van der Waals surface area contributed by atoms with Gasteiger partial charge in [0.1, 0.15) is 0 Å². The molecule has 0 heterocycles. The third-order valence-electron chi connectivity index (χ3n) is 3.02. The molecular weight excluding hydrogens is 226 g/mol. The largest absolute Gasteiger partial charge is 0.377 e. The lowest BCUT2D eigenvalue weighted by Gasteiger charge is -2.24. The Kier molecular flexibility index (Phi) is 5.17. The normalized spacial score (nSPS) is 13.7. The van der Waals surface area contributed by atoms with Crippen LogP contribution in [0.3, 0.4) is 0 Å². The number of nitrogens with one attached hydrogen (secondary N) is 1. The lowest BCUT2D eigenvalue weighted by atomic mass is 9.87. The van der Waals surface area contributed by atoms with Crippen molar-refractivity contribution in [2.24, 2.45) is 0 Å². The van der Waals surface area contributed by atoms with Crippen molar-refractivity contribution in [3.8, 4) is 0 Å². The molecule has 1 aromatic carbocycles. The van der Waals surface area contributed by atoms with Crippen LogP contribution in [0.25, 0.3) is 0 Å². The van der Waals surface area contributed by atoms with Crippen molar-refractivity contribution in [1.82, 2.24) is 0 Å². The van der Waals surface area contributed by atoms with E-state index in [1.54, 1.807) is 14.2 Å². The lowest BCUT2D eigenvalue weighted by Crippen LogP contribution is -2.33. The molecule has 0 saturated heterocycles. The number of anilines is 1. The molecule has 1 rings (SSSR count). The third kappa shape index (κ3) is 4.00. The van der Waals surface area contributed by atoms with Gasteiger partial charge in [-0.1, -0.05) is 32.9 Å². The molecule has 0 radical (unpaired) electrons. The first-order valence-corrected chi connectivity index (χ1v) is 6.31. The second-order valence-corrected chi connectivity index (χ2v) is 5.60. The summed E-state index contributed by atoms with van der Waals surface area (Å²) in [7, 11) is 3.30. The van der Waals surface area contributed by atoms with E-state index in [0.717, 1.165) is 5.69 Å². The Morgan fingerprint density at radius 3 is 1.89 bits per heavy atom. The zero-order chi connectivity index (χ0) is 13.8. The van der Waals surface area contributed by atoms with Crippen LogP contribution in [0.2, 0.25) is 0 Å². The Balaban J connectivity index is 2.69. The van der Waals surface area contributed by atoms with Crippen LogP contribution in [0.1, 0.15) is 33.3 Å². The molecule has 0 aliphatic heterocycles. The summed E-state index contributed by atoms with van der Waals surface area (Å²) in [5.41, 5.74) is 2.59. The average Bonchev–Trinajstić information content (AvgIpc) is 2.30. The zero-order valence-corrected chi connectivity index (χ0v) is 12.3. The number of rotatable bonds is 5. The lowest BCUT2D eigenvalue weighted by molar-refractivity contribution is -0.109. The molecule has 0 bridgehead atoms. The number of ether oxygens (including phenoxy) is 2. The van der Waals surface area contributed by atoms with Crippen molar-refractivity contribution < 1.29 is 9.47 Å². The van der Waals surface area contributed by atoms with Gasteiger partial charge in [-0.05, 0) is 30.0 Å². The van der Waals surface area contributed by atoms with Crippen LogP contribution < -0.4 is 5.32 Å². The molecule has 0 aliphatic carbocycles. The fourth-order valence-corrected chi connectivity index (χ4v) is 1.90. The Labute approximate surface area is 110 Å². The fourth-order valence-electron chi connectivity index (χ4n) is 1.90. The summed E-state index contributed by atoms with van der Waals surface area (Å²) < 4.78 is 10.5. The zero-order valence-electron chi connectivity index (χ0n) is 12.3. The first kappa shape index (κ1) is 15.0. The molecule has 18 heavy (non-hydrogen) atoms. The van der Waals surface area contributed by atoms with E-state index in [9.17, 15) is 0 Å². The molecule has 0 aromatic heterocycles. The van der Waals surface area contributed by atoms with Crippen molar-refractivity contribution in [2.45, 2.75) is 45.4 Å². The second kappa shape index (κ2) is 6.21. The van der Waals surface area contributed by atoms with E-state index in [4.69, 9.17) is 9.47 Å². The summed E-state index contributed by atoms with van der Waals surface area (Å²) in [5, 5.41) is 3.37. The molecule has 1 N–H and O–H groups in total. The minimum atomic E-state index is -0.243. The summed E-state index contributed by atoms with van der Waals surface area (Å²) in [6.45, 7) is 8.67. The molecule has 0 aliphatic rings. The highest BCUT2D eigenvalue weighted by molar-refractivity contribution is 5.46. The summed E-state index contributed by atoms with van der Waals surface area (Å²) >= 11 is 0. The molecule has 1 aromatic rings. The van der Waals surface area contributed by atoms with E-state index >= 15 is 0 Å². The first-order valence-electron chi connectivity index (χ1n) is 6.31. The van der Waals surface area contributed by atoms with E-state index in [2.05, 4.69) is 50.4 Å². The van der Waals surface area contributed by atoms with Crippen molar-refractivity contribution >= 4 is 5.69 Å². The maximum atomic E-state index is 5.23. The monoisotopic (exact) mass is 251 g/mol.